The van der Waals surface area contributed by atoms with Crippen molar-refractivity contribution < 1.29 is 4.79 Å². The number of nitrogens with one attached hydrogen (secondary N) is 1. The fourth-order valence-corrected chi connectivity index (χ4v) is 4.47. The van der Waals surface area contributed by atoms with Crippen LogP contribution in [-0.4, -0.2) is 22.3 Å². The van der Waals surface area contributed by atoms with Crippen LogP contribution in [0.3, 0.4) is 0 Å². The molecule has 0 aliphatic carbocycles. The van der Waals surface area contributed by atoms with Crippen LogP contribution in [0, 0.1) is 0 Å². The Morgan fingerprint density at radius 3 is 2.57 bits per heavy atom. The zero-order valence-corrected chi connectivity index (χ0v) is 16.7. The summed E-state index contributed by atoms with van der Waals surface area (Å²) in [6.07, 6.45) is 0.896. The minimum atomic E-state index is -1.10. The molecule has 0 radical (unpaired) electrons. The number of hydrogen-bond acceptors (Lipinski definition) is 5. The highest BCUT2D eigenvalue weighted by Gasteiger charge is 2.31. The van der Waals surface area contributed by atoms with Gasteiger partial charge in [0.2, 0.25) is 0 Å². The first-order chi connectivity index (χ1) is 13.5. The molecule has 0 bridgehead atoms. The number of carbonyl (C=O) groups is 1. The van der Waals surface area contributed by atoms with E-state index in [9.17, 15) is 4.79 Å². The number of hydrogen-bond donors (Lipinski definition) is 2. The number of fused-ring (bicyclic) bond motifs is 1. The largest absolute Gasteiger partial charge is 0.314 e. The summed E-state index contributed by atoms with van der Waals surface area (Å²) < 4.78 is 0. The second-order valence-corrected chi connectivity index (χ2v) is 8.44. The van der Waals surface area contributed by atoms with Crippen molar-refractivity contribution in [2.75, 3.05) is 11.9 Å². The maximum Gasteiger partial charge on any atom is 0.250 e. The Hall–Kier alpha value is -2.54. The first kappa shape index (κ1) is 18.8. The van der Waals surface area contributed by atoms with Crippen molar-refractivity contribution in [3.8, 4) is 0 Å². The number of nitrogens with two attached hydrogens (primary N) is 1. The summed E-state index contributed by atoms with van der Waals surface area (Å²) in [5.41, 5.74) is 8.39. The molecular formula is C22H24N4OS. The van der Waals surface area contributed by atoms with Gasteiger partial charge in [0.25, 0.3) is 5.91 Å². The Morgan fingerprint density at radius 2 is 1.86 bits per heavy atom. The quantitative estimate of drug-likeness (QED) is 0.697. The highest BCUT2D eigenvalue weighted by atomic mass is 32.1. The molecule has 1 aliphatic heterocycles. The van der Waals surface area contributed by atoms with Gasteiger partial charge in [0.15, 0.2) is 5.13 Å². The number of thiazole rings is 1. The average molecular weight is 393 g/mol. The summed E-state index contributed by atoms with van der Waals surface area (Å²) in [4.78, 5) is 21.1. The average Bonchev–Trinajstić information content (AvgIpc) is 3.11. The van der Waals surface area contributed by atoms with Crippen molar-refractivity contribution in [3.63, 3.8) is 0 Å². The number of anilines is 1. The van der Waals surface area contributed by atoms with Crippen molar-refractivity contribution in [1.29, 1.82) is 0 Å². The maximum atomic E-state index is 12.8. The van der Waals surface area contributed by atoms with Gasteiger partial charge in [-0.15, -0.1) is 11.3 Å². The van der Waals surface area contributed by atoms with Gasteiger partial charge >= 0.3 is 0 Å². The predicted octanol–water partition coefficient (Wildman–Crippen LogP) is 3.51. The summed E-state index contributed by atoms with van der Waals surface area (Å²) in [5, 5.41) is 3.56. The van der Waals surface area contributed by atoms with E-state index in [4.69, 9.17) is 5.73 Å². The highest BCUT2D eigenvalue weighted by molar-refractivity contribution is 7.15. The number of rotatable bonds is 5. The van der Waals surface area contributed by atoms with Crippen LogP contribution in [0.1, 0.15) is 28.6 Å². The number of amides is 1. The van der Waals surface area contributed by atoms with Crippen LogP contribution in [0.5, 0.6) is 0 Å². The van der Waals surface area contributed by atoms with Crippen LogP contribution in [-0.2, 0) is 29.8 Å². The molecule has 0 spiro atoms. The zero-order valence-electron chi connectivity index (χ0n) is 15.9. The maximum absolute atomic E-state index is 12.8. The van der Waals surface area contributed by atoms with E-state index in [1.165, 1.54) is 10.4 Å². The Morgan fingerprint density at radius 1 is 1.18 bits per heavy atom. The lowest BCUT2D eigenvalue weighted by Crippen LogP contribution is -2.45. The van der Waals surface area contributed by atoms with Crippen LogP contribution in [0.4, 0.5) is 5.13 Å². The van der Waals surface area contributed by atoms with E-state index < -0.39 is 5.54 Å². The smallest absolute Gasteiger partial charge is 0.250 e. The molecule has 3 N–H and O–H groups in total. The normalized spacial score (nSPS) is 16.2. The van der Waals surface area contributed by atoms with E-state index >= 15 is 0 Å². The van der Waals surface area contributed by atoms with Gasteiger partial charge in [-0.1, -0.05) is 60.7 Å². The highest BCUT2D eigenvalue weighted by Crippen LogP contribution is 2.30. The van der Waals surface area contributed by atoms with Crippen LogP contribution in [0.15, 0.2) is 60.7 Å². The van der Waals surface area contributed by atoms with Gasteiger partial charge in [-0.3, -0.25) is 9.69 Å². The van der Waals surface area contributed by atoms with Crippen LogP contribution in [0.2, 0.25) is 0 Å². The molecule has 1 unspecified atom stereocenters. The Kier molecular flexibility index (Phi) is 5.26. The van der Waals surface area contributed by atoms with E-state index in [1.807, 2.05) is 36.4 Å². The number of benzene rings is 2. The standard InChI is InChI=1S/C22H24N4OS/c1-22(23,17-10-6-3-7-11-17)20(27)25-21-24-18-12-13-26(15-19(18)28-21)14-16-8-4-2-5-9-16/h2-11H,12-15,23H2,1H3,(H,24,25,27). The lowest BCUT2D eigenvalue weighted by molar-refractivity contribution is -0.120. The third kappa shape index (κ3) is 3.99. The van der Waals surface area contributed by atoms with Gasteiger partial charge < -0.3 is 11.1 Å². The molecule has 2 aromatic carbocycles. The minimum absolute atomic E-state index is 0.245. The topological polar surface area (TPSA) is 71.2 Å². The Bertz CT molecular complexity index is 953. The van der Waals surface area contributed by atoms with E-state index in [1.54, 1.807) is 18.3 Å². The van der Waals surface area contributed by atoms with E-state index in [2.05, 4.69) is 39.5 Å². The monoisotopic (exact) mass is 392 g/mol. The number of carbonyl (C=O) groups excluding carboxylic acids is 1. The fourth-order valence-electron chi connectivity index (χ4n) is 3.42. The van der Waals surface area contributed by atoms with Crippen molar-refractivity contribution >= 4 is 22.4 Å². The van der Waals surface area contributed by atoms with Gasteiger partial charge in [0.1, 0.15) is 5.54 Å². The Labute approximate surface area is 169 Å². The van der Waals surface area contributed by atoms with Crippen LogP contribution in [0.25, 0.3) is 0 Å². The molecule has 3 aromatic rings. The molecule has 0 saturated heterocycles. The molecule has 28 heavy (non-hydrogen) atoms. The number of aromatic nitrogens is 1. The van der Waals surface area contributed by atoms with Crippen LogP contribution >= 0.6 is 11.3 Å². The second kappa shape index (κ2) is 7.83. The molecule has 144 valence electrons. The summed E-state index contributed by atoms with van der Waals surface area (Å²) in [6, 6.07) is 19.9. The molecule has 0 fully saturated rings. The summed E-state index contributed by atoms with van der Waals surface area (Å²) in [7, 11) is 0. The molecule has 5 nitrogen and oxygen atoms in total. The first-order valence-electron chi connectivity index (χ1n) is 9.43. The van der Waals surface area contributed by atoms with E-state index in [0.29, 0.717) is 5.13 Å². The molecule has 1 aliphatic rings. The van der Waals surface area contributed by atoms with E-state index in [-0.39, 0.29) is 5.91 Å². The molecule has 1 amide bonds. The van der Waals surface area contributed by atoms with Gasteiger partial charge in [-0.2, -0.15) is 0 Å². The Balaban J connectivity index is 1.44. The van der Waals surface area contributed by atoms with E-state index in [0.717, 1.165) is 37.3 Å². The SMILES string of the molecule is CC(N)(C(=O)Nc1nc2c(s1)CN(Cc1ccccc1)CC2)c1ccccc1. The summed E-state index contributed by atoms with van der Waals surface area (Å²) in [6.45, 7) is 4.48. The zero-order chi connectivity index (χ0) is 19.6. The lowest BCUT2D eigenvalue weighted by atomic mass is 9.92. The van der Waals surface area contributed by atoms with Crippen LogP contribution < -0.4 is 11.1 Å². The molecule has 1 atom stereocenters. The number of nitrogens with zero attached hydrogens (tertiary/aromatic N) is 2. The van der Waals surface area contributed by atoms with Gasteiger partial charge in [-0.05, 0) is 18.1 Å². The molecular weight excluding hydrogens is 368 g/mol. The third-order valence-corrected chi connectivity index (χ3v) is 6.12. The second-order valence-electron chi connectivity index (χ2n) is 7.36. The van der Waals surface area contributed by atoms with Crippen molar-refractivity contribution in [2.24, 2.45) is 5.73 Å². The van der Waals surface area contributed by atoms with Crippen molar-refractivity contribution in [2.45, 2.75) is 32.0 Å². The summed E-state index contributed by atoms with van der Waals surface area (Å²) in [5.74, 6) is -0.245. The lowest BCUT2D eigenvalue weighted by Gasteiger charge is -2.25. The minimum Gasteiger partial charge on any atom is -0.314 e. The van der Waals surface area contributed by atoms with Crippen molar-refractivity contribution in [3.05, 3.63) is 82.4 Å². The molecule has 0 saturated carbocycles. The first-order valence-corrected chi connectivity index (χ1v) is 10.2. The molecule has 6 heteroatoms. The predicted molar refractivity (Wildman–Crippen MR) is 113 cm³/mol. The molecule has 2 heterocycles. The molecule has 1 aromatic heterocycles. The van der Waals surface area contributed by atoms with Gasteiger partial charge in [0, 0.05) is 30.9 Å². The molecule has 4 rings (SSSR count). The van der Waals surface area contributed by atoms with Crippen molar-refractivity contribution in [1.82, 2.24) is 9.88 Å². The third-order valence-electron chi connectivity index (χ3n) is 5.12. The fraction of sp³-hybridized carbons (Fsp3) is 0.273. The van der Waals surface area contributed by atoms with Gasteiger partial charge in [0.05, 0.1) is 5.69 Å². The summed E-state index contributed by atoms with van der Waals surface area (Å²) >= 11 is 1.55. The van der Waals surface area contributed by atoms with Gasteiger partial charge in [-0.25, -0.2) is 4.98 Å².